The second kappa shape index (κ2) is 8.97. The monoisotopic (exact) mass is 402 g/mol. The van der Waals surface area contributed by atoms with E-state index >= 15 is 0 Å². The molecule has 0 fully saturated rings. The molecule has 0 atom stereocenters. The van der Waals surface area contributed by atoms with Crippen LogP contribution in [0.1, 0.15) is 36.2 Å². The normalized spacial score (nSPS) is 13.0. The number of hydrogen-bond acceptors (Lipinski definition) is 4. The van der Waals surface area contributed by atoms with Gasteiger partial charge in [-0.05, 0) is 42.0 Å². The fourth-order valence-electron chi connectivity index (χ4n) is 2.66. The summed E-state index contributed by atoms with van der Waals surface area (Å²) in [6, 6.07) is 10.4. The first-order valence-corrected chi connectivity index (χ1v) is 9.59. The number of amides is 2. The molecule has 0 unspecified atom stereocenters. The van der Waals surface area contributed by atoms with Crippen LogP contribution >= 0.6 is 11.6 Å². The average molecular weight is 403 g/mol. The van der Waals surface area contributed by atoms with Crippen LogP contribution in [0.25, 0.3) is 0 Å². The number of fused-ring (bicyclic) bond motifs is 1. The maximum absolute atomic E-state index is 12.4. The van der Waals surface area contributed by atoms with Gasteiger partial charge in [-0.3, -0.25) is 9.59 Å². The number of benzene rings is 2. The van der Waals surface area contributed by atoms with Crippen molar-refractivity contribution in [1.82, 2.24) is 5.32 Å². The van der Waals surface area contributed by atoms with E-state index in [0.717, 1.165) is 12.0 Å². The lowest BCUT2D eigenvalue weighted by Gasteiger charge is -2.12. The van der Waals surface area contributed by atoms with Gasteiger partial charge < -0.3 is 20.1 Å². The molecule has 1 aliphatic heterocycles. The summed E-state index contributed by atoms with van der Waals surface area (Å²) in [5.74, 6) is 0.756. The molecule has 0 radical (unpaired) electrons. The molecule has 3 rings (SSSR count). The molecule has 6 nitrogen and oxygen atoms in total. The van der Waals surface area contributed by atoms with Crippen LogP contribution in [0.5, 0.6) is 11.5 Å². The minimum absolute atomic E-state index is 0.0662. The predicted octanol–water partition coefficient (Wildman–Crippen LogP) is 4.03. The van der Waals surface area contributed by atoms with Crippen molar-refractivity contribution in [2.24, 2.45) is 5.92 Å². The van der Waals surface area contributed by atoms with E-state index in [-0.39, 0.29) is 17.7 Å². The summed E-state index contributed by atoms with van der Waals surface area (Å²) in [7, 11) is 0. The third-order valence-electron chi connectivity index (χ3n) is 4.25. The van der Waals surface area contributed by atoms with E-state index in [0.29, 0.717) is 47.5 Å². The van der Waals surface area contributed by atoms with Crippen molar-refractivity contribution in [3.63, 3.8) is 0 Å². The highest BCUT2D eigenvalue weighted by Gasteiger charge is 2.16. The van der Waals surface area contributed by atoms with Gasteiger partial charge in [0.25, 0.3) is 5.91 Å². The number of carbonyl (C=O) groups is 2. The second-order valence-electron chi connectivity index (χ2n) is 6.86. The maximum atomic E-state index is 12.4. The minimum atomic E-state index is -0.218. The topological polar surface area (TPSA) is 76.7 Å². The third-order valence-corrected chi connectivity index (χ3v) is 4.53. The molecule has 2 aromatic carbocycles. The van der Waals surface area contributed by atoms with Gasteiger partial charge in [0.05, 0.1) is 18.2 Å². The first kappa shape index (κ1) is 20.0. The van der Waals surface area contributed by atoms with E-state index in [1.54, 1.807) is 30.3 Å². The number of carbonyl (C=O) groups excluding carboxylic acids is 2. The Kier molecular flexibility index (Phi) is 6.41. The predicted molar refractivity (Wildman–Crippen MR) is 108 cm³/mol. The van der Waals surface area contributed by atoms with Crippen molar-refractivity contribution in [2.45, 2.75) is 26.8 Å². The number of anilines is 1. The van der Waals surface area contributed by atoms with Crippen LogP contribution in [-0.2, 0) is 11.3 Å². The maximum Gasteiger partial charge on any atom is 0.251 e. The van der Waals surface area contributed by atoms with Crippen molar-refractivity contribution in [3.8, 4) is 11.5 Å². The van der Waals surface area contributed by atoms with Gasteiger partial charge in [0.15, 0.2) is 11.5 Å². The zero-order valence-electron chi connectivity index (χ0n) is 15.9. The Bertz CT molecular complexity index is 865. The molecular weight excluding hydrogens is 380 g/mol. The number of hydrogen-bond donors (Lipinski definition) is 2. The Hall–Kier alpha value is -2.73. The van der Waals surface area contributed by atoms with Crippen molar-refractivity contribution >= 4 is 29.1 Å². The van der Waals surface area contributed by atoms with E-state index in [1.165, 1.54) is 0 Å². The molecule has 0 aromatic heterocycles. The van der Waals surface area contributed by atoms with Gasteiger partial charge in [-0.2, -0.15) is 0 Å². The molecule has 0 spiro atoms. The Morgan fingerprint density at radius 2 is 1.82 bits per heavy atom. The fourth-order valence-corrected chi connectivity index (χ4v) is 2.95. The van der Waals surface area contributed by atoms with Gasteiger partial charge >= 0.3 is 0 Å². The molecule has 2 N–H and O–H groups in total. The van der Waals surface area contributed by atoms with Crippen LogP contribution in [-0.4, -0.2) is 25.0 Å². The summed E-state index contributed by atoms with van der Waals surface area (Å²) in [4.78, 5) is 24.1. The zero-order valence-corrected chi connectivity index (χ0v) is 16.6. The van der Waals surface area contributed by atoms with Crippen LogP contribution in [0, 0.1) is 5.92 Å². The quantitative estimate of drug-likeness (QED) is 0.791. The Balaban J connectivity index is 1.62. The Morgan fingerprint density at radius 3 is 2.54 bits per heavy atom. The summed E-state index contributed by atoms with van der Waals surface area (Å²) < 4.78 is 11.3. The number of ether oxygens (including phenoxy) is 2. The standard InChI is InChI=1S/C21H23ClN2O4/c1-13(2)20(25)24-16-6-4-15(5-7-16)21(26)23-12-14-10-17(22)19-18(11-14)27-8-3-9-28-19/h4-7,10-11,13H,3,8-9,12H2,1-2H3,(H,23,26)(H,24,25). The van der Waals surface area contributed by atoms with Gasteiger partial charge in [-0.25, -0.2) is 0 Å². The fraction of sp³-hybridized carbons (Fsp3) is 0.333. The van der Waals surface area contributed by atoms with Crippen LogP contribution in [0.15, 0.2) is 36.4 Å². The molecule has 148 valence electrons. The molecule has 7 heteroatoms. The molecule has 2 aromatic rings. The summed E-state index contributed by atoms with van der Waals surface area (Å²) in [5, 5.41) is 6.12. The summed E-state index contributed by atoms with van der Waals surface area (Å²) in [6.07, 6.45) is 0.796. The van der Waals surface area contributed by atoms with Crippen LogP contribution < -0.4 is 20.1 Å². The largest absolute Gasteiger partial charge is 0.489 e. The van der Waals surface area contributed by atoms with Crippen molar-refractivity contribution < 1.29 is 19.1 Å². The Labute approximate surface area is 169 Å². The van der Waals surface area contributed by atoms with Gasteiger partial charge in [0.1, 0.15) is 0 Å². The van der Waals surface area contributed by atoms with Gasteiger partial charge in [0.2, 0.25) is 5.91 Å². The Morgan fingerprint density at radius 1 is 1.11 bits per heavy atom. The minimum Gasteiger partial charge on any atom is -0.489 e. The van der Waals surface area contributed by atoms with E-state index in [9.17, 15) is 9.59 Å². The number of rotatable bonds is 5. The number of halogens is 1. The van der Waals surface area contributed by atoms with Crippen LogP contribution in [0.4, 0.5) is 5.69 Å². The van der Waals surface area contributed by atoms with Crippen LogP contribution in [0.2, 0.25) is 5.02 Å². The first-order valence-electron chi connectivity index (χ1n) is 9.21. The lowest BCUT2D eigenvalue weighted by Crippen LogP contribution is -2.23. The smallest absolute Gasteiger partial charge is 0.251 e. The molecule has 0 aliphatic carbocycles. The molecule has 0 saturated heterocycles. The van der Waals surface area contributed by atoms with E-state index in [4.69, 9.17) is 21.1 Å². The summed E-state index contributed by atoms with van der Waals surface area (Å²) in [6.45, 7) is 5.09. The lowest BCUT2D eigenvalue weighted by molar-refractivity contribution is -0.118. The molecule has 0 bridgehead atoms. The van der Waals surface area contributed by atoms with Crippen molar-refractivity contribution in [1.29, 1.82) is 0 Å². The highest BCUT2D eigenvalue weighted by atomic mass is 35.5. The molecule has 0 saturated carbocycles. The van der Waals surface area contributed by atoms with Crippen molar-refractivity contribution in [2.75, 3.05) is 18.5 Å². The van der Waals surface area contributed by atoms with Gasteiger partial charge in [-0.15, -0.1) is 0 Å². The van der Waals surface area contributed by atoms with E-state index in [1.807, 2.05) is 19.9 Å². The average Bonchev–Trinajstić information content (AvgIpc) is 2.92. The van der Waals surface area contributed by atoms with Crippen molar-refractivity contribution in [3.05, 3.63) is 52.5 Å². The number of nitrogens with one attached hydrogen (secondary N) is 2. The highest BCUT2D eigenvalue weighted by molar-refractivity contribution is 6.32. The van der Waals surface area contributed by atoms with Crippen LogP contribution in [0.3, 0.4) is 0 Å². The zero-order chi connectivity index (χ0) is 20.1. The molecule has 2 amide bonds. The molecule has 28 heavy (non-hydrogen) atoms. The highest BCUT2D eigenvalue weighted by Crippen LogP contribution is 2.37. The first-order chi connectivity index (χ1) is 13.4. The van der Waals surface area contributed by atoms with Gasteiger partial charge in [0, 0.05) is 30.1 Å². The molecule has 1 aliphatic rings. The van der Waals surface area contributed by atoms with Gasteiger partial charge in [-0.1, -0.05) is 25.4 Å². The lowest BCUT2D eigenvalue weighted by atomic mass is 10.1. The third kappa shape index (κ3) is 4.95. The SMILES string of the molecule is CC(C)C(=O)Nc1ccc(C(=O)NCc2cc(Cl)c3c(c2)OCCCO3)cc1. The summed E-state index contributed by atoms with van der Waals surface area (Å²) >= 11 is 6.28. The summed E-state index contributed by atoms with van der Waals surface area (Å²) in [5.41, 5.74) is 1.98. The van der Waals surface area contributed by atoms with E-state index in [2.05, 4.69) is 10.6 Å². The molecule has 1 heterocycles. The van der Waals surface area contributed by atoms with E-state index < -0.39 is 0 Å². The molecular formula is C21H23ClN2O4. The second-order valence-corrected chi connectivity index (χ2v) is 7.27.